The van der Waals surface area contributed by atoms with E-state index in [-0.39, 0.29) is 11.2 Å². The third-order valence-corrected chi connectivity index (χ3v) is 4.09. The Morgan fingerprint density at radius 2 is 2.28 bits per heavy atom. The maximum atomic E-state index is 11.8. The molecule has 0 aliphatic carbocycles. The molecule has 2 atom stereocenters. The minimum atomic E-state index is -0.865. The van der Waals surface area contributed by atoms with Crippen molar-refractivity contribution < 1.29 is 9.00 Å². The normalized spacial score (nSPS) is 13.9. The largest absolute Gasteiger partial charge is 0.398 e. The Bertz CT molecular complexity index is 463. The first-order valence-electron chi connectivity index (χ1n) is 5.74. The van der Waals surface area contributed by atoms with E-state index >= 15 is 0 Å². The summed E-state index contributed by atoms with van der Waals surface area (Å²) in [6.45, 7) is 4.19. The molecule has 1 rings (SSSR count). The minimum Gasteiger partial charge on any atom is -0.398 e. The molecule has 0 aliphatic heterocycles. The molecular formula is C12H19N3O2S. The molecule has 0 bridgehead atoms. The summed E-state index contributed by atoms with van der Waals surface area (Å²) in [5.41, 5.74) is 7.33. The molecule has 1 amide bonds. The monoisotopic (exact) mass is 269 g/mol. The second-order valence-electron chi connectivity index (χ2n) is 4.27. The molecule has 1 heterocycles. The Morgan fingerprint density at radius 3 is 2.83 bits per heavy atom. The van der Waals surface area contributed by atoms with Crippen LogP contribution in [0.3, 0.4) is 0 Å². The van der Waals surface area contributed by atoms with Crippen molar-refractivity contribution >= 4 is 22.4 Å². The average Bonchev–Trinajstić information content (AvgIpc) is 2.28. The second-order valence-corrected chi connectivity index (χ2v) is 6.07. The molecule has 0 saturated carbocycles. The zero-order valence-electron chi connectivity index (χ0n) is 10.9. The van der Waals surface area contributed by atoms with Crippen molar-refractivity contribution in [3.05, 3.63) is 23.5 Å². The number of pyridine rings is 1. The maximum absolute atomic E-state index is 11.8. The third-order valence-electron chi connectivity index (χ3n) is 2.72. The van der Waals surface area contributed by atoms with Crippen molar-refractivity contribution in [2.45, 2.75) is 25.5 Å². The van der Waals surface area contributed by atoms with Gasteiger partial charge in [0.25, 0.3) is 5.91 Å². The summed E-state index contributed by atoms with van der Waals surface area (Å²) in [6, 6.07) is 1.67. The van der Waals surface area contributed by atoms with Gasteiger partial charge in [-0.15, -0.1) is 0 Å². The van der Waals surface area contributed by atoms with Crippen molar-refractivity contribution in [1.29, 1.82) is 0 Å². The fourth-order valence-corrected chi connectivity index (χ4v) is 1.87. The minimum absolute atomic E-state index is 0.0683. The highest BCUT2D eigenvalue weighted by atomic mass is 32.2. The lowest BCUT2D eigenvalue weighted by molar-refractivity contribution is 0.0954. The lowest BCUT2D eigenvalue weighted by Crippen LogP contribution is -2.28. The first kappa shape index (κ1) is 14.6. The van der Waals surface area contributed by atoms with Crippen molar-refractivity contribution in [1.82, 2.24) is 10.3 Å². The van der Waals surface area contributed by atoms with E-state index in [0.717, 1.165) is 5.69 Å². The second kappa shape index (κ2) is 6.49. The van der Waals surface area contributed by atoms with Gasteiger partial charge in [-0.2, -0.15) is 0 Å². The van der Waals surface area contributed by atoms with Crippen LogP contribution in [-0.2, 0) is 10.8 Å². The van der Waals surface area contributed by atoms with Gasteiger partial charge in [0.1, 0.15) is 0 Å². The number of carbonyl (C=O) groups excluding carboxylic acids is 1. The standard InChI is InChI=1S/C12H19N3O2S/c1-8-6-11(13)10(7-15-8)12(16)14-5-4-9(2)18(3)17/h6-7,9H,4-5H2,1-3H3,(H2,13,15)(H,14,16). The van der Waals surface area contributed by atoms with Crippen LogP contribution in [0.15, 0.2) is 12.3 Å². The predicted octanol–water partition coefficient (Wildman–Crippen LogP) is 0.859. The zero-order valence-corrected chi connectivity index (χ0v) is 11.7. The number of nitrogens with two attached hydrogens (primary N) is 1. The van der Waals surface area contributed by atoms with Crippen molar-refractivity contribution in [3.63, 3.8) is 0 Å². The van der Waals surface area contributed by atoms with Gasteiger partial charge in [-0.1, -0.05) is 6.92 Å². The number of hydrogen-bond donors (Lipinski definition) is 2. The van der Waals surface area contributed by atoms with Crippen LogP contribution in [0, 0.1) is 6.92 Å². The lowest BCUT2D eigenvalue weighted by Gasteiger charge is -2.10. The molecule has 0 saturated heterocycles. The van der Waals surface area contributed by atoms with Crippen molar-refractivity contribution in [3.8, 4) is 0 Å². The van der Waals surface area contributed by atoms with Gasteiger partial charge in [-0.25, -0.2) is 0 Å². The fourth-order valence-electron chi connectivity index (χ4n) is 1.42. The Balaban J connectivity index is 2.53. The number of carbonyl (C=O) groups is 1. The number of amides is 1. The molecular weight excluding hydrogens is 250 g/mol. The van der Waals surface area contributed by atoms with E-state index < -0.39 is 10.8 Å². The molecule has 0 aromatic carbocycles. The Morgan fingerprint density at radius 1 is 1.61 bits per heavy atom. The van der Waals surface area contributed by atoms with Crippen LogP contribution in [0.5, 0.6) is 0 Å². The maximum Gasteiger partial charge on any atom is 0.254 e. The number of nitrogens with one attached hydrogen (secondary N) is 1. The summed E-state index contributed by atoms with van der Waals surface area (Å²) in [4.78, 5) is 15.9. The Labute approximate surface area is 110 Å². The molecule has 2 unspecified atom stereocenters. The SMILES string of the molecule is Cc1cc(N)c(C(=O)NCCC(C)S(C)=O)cn1. The molecule has 1 aromatic rings. The number of nitrogen functional groups attached to an aromatic ring is 1. The van der Waals surface area contributed by atoms with Gasteiger partial charge in [0, 0.05) is 46.4 Å². The first-order valence-corrected chi connectivity index (χ1v) is 7.36. The average molecular weight is 269 g/mol. The molecule has 5 nitrogen and oxygen atoms in total. The van der Waals surface area contributed by atoms with Crippen LogP contribution < -0.4 is 11.1 Å². The van der Waals surface area contributed by atoms with Gasteiger partial charge in [-0.3, -0.25) is 14.0 Å². The number of rotatable bonds is 5. The van der Waals surface area contributed by atoms with E-state index in [9.17, 15) is 9.00 Å². The number of anilines is 1. The van der Waals surface area contributed by atoms with E-state index in [1.54, 1.807) is 12.3 Å². The highest BCUT2D eigenvalue weighted by Gasteiger charge is 2.11. The molecule has 1 aromatic heterocycles. The van der Waals surface area contributed by atoms with Crippen LogP contribution in [0.25, 0.3) is 0 Å². The van der Waals surface area contributed by atoms with Crippen LogP contribution >= 0.6 is 0 Å². The Kier molecular flexibility index (Phi) is 5.27. The first-order chi connectivity index (χ1) is 8.41. The fraction of sp³-hybridized carbons (Fsp3) is 0.500. The van der Waals surface area contributed by atoms with Gasteiger partial charge >= 0.3 is 0 Å². The molecule has 100 valence electrons. The van der Waals surface area contributed by atoms with E-state index in [4.69, 9.17) is 5.73 Å². The van der Waals surface area contributed by atoms with Crippen molar-refractivity contribution in [2.75, 3.05) is 18.5 Å². The summed E-state index contributed by atoms with van der Waals surface area (Å²) in [5, 5.41) is 2.82. The zero-order chi connectivity index (χ0) is 13.7. The molecule has 0 fully saturated rings. The van der Waals surface area contributed by atoms with Gasteiger partial charge < -0.3 is 11.1 Å². The van der Waals surface area contributed by atoms with Crippen LogP contribution in [0.1, 0.15) is 29.4 Å². The topological polar surface area (TPSA) is 85.1 Å². The highest BCUT2D eigenvalue weighted by Crippen LogP contribution is 2.11. The summed E-state index contributed by atoms with van der Waals surface area (Å²) in [7, 11) is -0.865. The third kappa shape index (κ3) is 4.10. The number of nitrogens with zero attached hydrogens (tertiary/aromatic N) is 1. The molecule has 0 spiro atoms. The van der Waals surface area contributed by atoms with Crippen LogP contribution in [-0.4, -0.2) is 33.2 Å². The van der Waals surface area contributed by atoms with Crippen molar-refractivity contribution in [2.24, 2.45) is 0 Å². The van der Waals surface area contributed by atoms with Crippen LogP contribution in [0.4, 0.5) is 5.69 Å². The van der Waals surface area contributed by atoms with Gasteiger partial charge in [0.15, 0.2) is 0 Å². The van der Waals surface area contributed by atoms with E-state index in [1.807, 2.05) is 13.8 Å². The van der Waals surface area contributed by atoms with E-state index in [1.165, 1.54) is 6.20 Å². The van der Waals surface area contributed by atoms with Gasteiger partial charge in [0.05, 0.1) is 5.56 Å². The summed E-state index contributed by atoms with van der Waals surface area (Å²) in [6.07, 6.45) is 3.81. The Hall–Kier alpha value is -1.43. The van der Waals surface area contributed by atoms with Gasteiger partial charge in [0.2, 0.25) is 0 Å². The number of aryl methyl sites for hydroxylation is 1. The smallest absolute Gasteiger partial charge is 0.254 e. The van der Waals surface area contributed by atoms with Crippen LogP contribution in [0.2, 0.25) is 0 Å². The van der Waals surface area contributed by atoms with E-state index in [0.29, 0.717) is 24.2 Å². The van der Waals surface area contributed by atoms with Gasteiger partial charge in [-0.05, 0) is 19.4 Å². The van der Waals surface area contributed by atoms with E-state index in [2.05, 4.69) is 10.3 Å². The molecule has 3 N–H and O–H groups in total. The molecule has 18 heavy (non-hydrogen) atoms. The number of hydrogen-bond acceptors (Lipinski definition) is 4. The number of aromatic nitrogens is 1. The summed E-state index contributed by atoms with van der Waals surface area (Å²) in [5.74, 6) is -0.242. The lowest BCUT2D eigenvalue weighted by atomic mass is 10.2. The summed E-state index contributed by atoms with van der Waals surface area (Å²) >= 11 is 0. The predicted molar refractivity (Wildman–Crippen MR) is 73.9 cm³/mol. The quantitative estimate of drug-likeness (QED) is 0.830. The molecule has 0 aliphatic rings. The molecule has 0 radical (unpaired) electrons. The summed E-state index contributed by atoms with van der Waals surface area (Å²) < 4.78 is 11.1. The highest BCUT2D eigenvalue weighted by molar-refractivity contribution is 7.84. The molecule has 6 heteroatoms.